The standard InChI is InChI=1S/C19H18ClFN4O3S2/c1-11-17(10-24-30(27,28)14-4-5-16(21)15(20)7-14)23-9-18(25-11)19(26)6-3-13-8-22-12(2)29-13/h4-5,7-9,24H,3,6,10H2,1-2H3. The van der Waals surface area contributed by atoms with Crippen LogP contribution >= 0.6 is 22.9 Å². The summed E-state index contributed by atoms with van der Waals surface area (Å²) in [5.74, 6) is -0.854. The van der Waals surface area contributed by atoms with Crippen molar-refractivity contribution in [3.63, 3.8) is 0 Å². The minimum absolute atomic E-state index is 0.134. The first-order chi connectivity index (χ1) is 14.2. The second-order valence-corrected chi connectivity index (χ2v) is 9.95. The SMILES string of the molecule is Cc1ncc(CCC(=O)c2cnc(CNS(=O)(=O)c3ccc(F)c(Cl)c3)c(C)n2)s1. The molecular weight excluding hydrogens is 451 g/mol. The molecule has 0 atom stereocenters. The summed E-state index contributed by atoms with van der Waals surface area (Å²) < 4.78 is 40.4. The van der Waals surface area contributed by atoms with Crippen molar-refractivity contribution in [3.8, 4) is 0 Å². The van der Waals surface area contributed by atoms with Gasteiger partial charge in [-0.15, -0.1) is 11.3 Å². The summed E-state index contributed by atoms with van der Waals surface area (Å²) in [6.45, 7) is 3.42. The summed E-state index contributed by atoms with van der Waals surface area (Å²) in [5.41, 5.74) is 1.04. The Kier molecular flexibility index (Phi) is 6.91. The molecule has 1 N–H and O–H groups in total. The Morgan fingerprint density at radius 2 is 2.00 bits per heavy atom. The summed E-state index contributed by atoms with van der Waals surface area (Å²) in [6, 6.07) is 3.13. The Bertz CT molecular complexity index is 1200. The molecule has 0 fully saturated rings. The Hall–Kier alpha value is -2.27. The minimum Gasteiger partial charge on any atom is -0.292 e. The third-order valence-electron chi connectivity index (χ3n) is 4.23. The van der Waals surface area contributed by atoms with Crippen LogP contribution in [0.3, 0.4) is 0 Å². The number of carbonyl (C=O) groups is 1. The molecule has 3 aromatic rings. The van der Waals surface area contributed by atoms with Crippen molar-refractivity contribution in [1.82, 2.24) is 19.7 Å². The predicted molar refractivity (Wildman–Crippen MR) is 112 cm³/mol. The number of carbonyl (C=O) groups excluding carboxylic acids is 1. The van der Waals surface area contributed by atoms with E-state index in [4.69, 9.17) is 11.6 Å². The van der Waals surface area contributed by atoms with Gasteiger partial charge in [0, 0.05) is 17.5 Å². The molecule has 0 aliphatic rings. The zero-order valence-electron chi connectivity index (χ0n) is 16.1. The lowest BCUT2D eigenvalue weighted by atomic mass is 10.1. The van der Waals surface area contributed by atoms with Crippen LogP contribution in [0, 0.1) is 19.7 Å². The molecule has 2 heterocycles. The maximum absolute atomic E-state index is 13.3. The van der Waals surface area contributed by atoms with E-state index in [0.29, 0.717) is 17.8 Å². The fourth-order valence-electron chi connectivity index (χ4n) is 2.59. The number of rotatable bonds is 8. The van der Waals surface area contributed by atoms with Crippen molar-refractivity contribution in [2.45, 2.75) is 38.1 Å². The summed E-state index contributed by atoms with van der Waals surface area (Å²) in [7, 11) is -3.92. The number of nitrogens with one attached hydrogen (secondary N) is 1. The number of aryl methyl sites for hydroxylation is 3. The van der Waals surface area contributed by atoms with Crippen LogP contribution in [-0.2, 0) is 23.0 Å². The molecule has 158 valence electrons. The zero-order chi connectivity index (χ0) is 21.9. The van der Waals surface area contributed by atoms with Crippen LogP contribution in [0.1, 0.15) is 38.2 Å². The number of Topliss-reactive ketones (excluding diaryl/α,β-unsaturated/α-hetero) is 1. The Morgan fingerprint density at radius 3 is 2.63 bits per heavy atom. The van der Waals surface area contributed by atoms with Gasteiger partial charge < -0.3 is 0 Å². The van der Waals surface area contributed by atoms with Crippen molar-refractivity contribution < 1.29 is 17.6 Å². The van der Waals surface area contributed by atoms with E-state index in [9.17, 15) is 17.6 Å². The van der Waals surface area contributed by atoms with Crippen molar-refractivity contribution in [3.05, 3.63) is 68.4 Å². The van der Waals surface area contributed by atoms with E-state index >= 15 is 0 Å². The molecule has 2 aromatic heterocycles. The number of ketones is 1. The minimum atomic E-state index is -3.92. The molecule has 11 heteroatoms. The molecule has 0 amide bonds. The molecule has 0 aliphatic carbocycles. The molecule has 0 radical (unpaired) electrons. The number of thiazole rings is 1. The average molecular weight is 469 g/mol. The third kappa shape index (κ3) is 5.45. The van der Waals surface area contributed by atoms with E-state index in [0.717, 1.165) is 28.1 Å². The van der Waals surface area contributed by atoms with E-state index in [1.54, 1.807) is 24.5 Å². The second-order valence-electron chi connectivity index (χ2n) is 6.46. The van der Waals surface area contributed by atoms with E-state index in [1.165, 1.54) is 6.20 Å². The molecule has 0 unspecified atom stereocenters. The third-order valence-corrected chi connectivity index (χ3v) is 6.89. The van der Waals surface area contributed by atoms with Crippen LogP contribution in [0.15, 0.2) is 35.5 Å². The van der Waals surface area contributed by atoms with E-state index in [2.05, 4.69) is 19.7 Å². The van der Waals surface area contributed by atoms with Gasteiger partial charge in [0.25, 0.3) is 0 Å². The number of aromatic nitrogens is 3. The number of benzene rings is 1. The lowest BCUT2D eigenvalue weighted by Gasteiger charge is -2.09. The lowest BCUT2D eigenvalue weighted by molar-refractivity contribution is 0.0977. The maximum atomic E-state index is 13.3. The molecule has 3 rings (SSSR count). The second kappa shape index (κ2) is 9.25. The highest BCUT2D eigenvalue weighted by Gasteiger charge is 2.18. The zero-order valence-corrected chi connectivity index (χ0v) is 18.5. The molecular formula is C19H18ClFN4O3S2. The van der Waals surface area contributed by atoms with Crippen LogP contribution in [0.4, 0.5) is 4.39 Å². The Balaban J connectivity index is 1.64. The molecule has 0 saturated heterocycles. The summed E-state index contributed by atoms with van der Waals surface area (Å²) in [5, 5.41) is 0.660. The highest BCUT2D eigenvalue weighted by atomic mass is 35.5. The summed E-state index contributed by atoms with van der Waals surface area (Å²) >= 11 is 7.20. The van der Waals surface area contributed by atoms with Crippen LogP contribution in [0.5, 0.6) is 0 Å². The van der Waals surface area contributed by atoms with Gasteiger partial charge >= 0.3 is 0 Å². The van der Waals surface area contributed by atoms with Crippen molar-refractivity contribution in [2.75, 3.05) is 0 Å². The number of nitrogens with zero attached hydrogens (tertiary/aromatic N) is 3. The lowest BCUT2D eigenvalue weighted by Crippen LogP contribution is -2.24. The summed E-state index contributed by atoms with van der Waals surface area (Å²) in [4.78, 5) is 25.8. The fourth-order valence-corrected chi connectivity index (χ4v) is 4.64. The van der Waals surface area contributed by atoms with E-state index < -0.39 is 15.8 Å². The van der Waals surface area contributed by atoms with Crippen molar-refractivity contribution >= 4 is 38.7 Å². The van der Waals surface area contributed by atoms with E-state index in [-0.39, 0.29) is 34.4 Å². The number of hydrogen-bond donors (Lipinski definition) is 1. The first-order valence-corrected chi connectivity index (χ1v) is 11.5. The molecule has 0 aliphatic heterocycles. The van der Waals surface area contributed by atoms with Gasteiger partial charge in [-0.25, -0.2) is 27.5 Å². The smallest absolute Gasteiger partial charge is 0.240 e. The van der Waals surface area contributed by atoms with Crippen LogP contribution in [0.2, 0.25) is 5.02 Å². The van der Waals surface area contributed by atoms with Gasteiger partial charge in [0.1, 0.15) is 11.5 Å². The first kappa shape index (κ1) is 22.4. The van der Waals surface area contributed by atoms with Gasteiger partial charge in [-0.1, -0.05) is 11.6 Å². The molecule has 30 heavy (non-hydrogen) atoms. The Morgan fingerprint density at radius 1 is 1.23 bits per heavy atom. The molecule has 0 saturated carbocycles. The van der Waals surface area contributed by atoms with Crippen LogP contribution < -0.4 is 4.72 Å². The van der Waals surface area contributed by atoms with Gasteiger partial charge in [-0.3, -0.25) is 9.78 Å². The number of halogens is 2. The van der Waals surface area contributed by atoms with Crippen LogP contribution in [-0.4, -0.2) is 29.2 Å². The molecule has 7 nitrogen and oxygen atoms in total. The van der Waals surface area contributed by atoms with Gasteiger partial charge in [0.05, 0.1) is 39.1 Å². The quantitative estimate of drug-likeness (QED) is 0.506. The molecule has 0 bridgehead atoms. The van der Waals surface area contributed by atoms with Crippen LogP contribution in [0.25, 0.3) is 0 Å². The van der Waals surface area contributed by atoms with Crippen molar-refractivity contribution in [1.29, 1.82) is 0 Å². The highest BCUT2D eigenvalue weighted by molar-refractivity contribution is 7.89. The predicted octanol–water partition coefficient (Wildman–Crippen LogP) is 3.64. The fraction of sp³-hybridized carbons (Fsp3) is 0.263. The highest BCUT2D eigenvalue weighted by Crippen LogP contribution is 2.20. The monoisotopic (exact) mass is 468 g/mol. The maximum Gasteiger partial charge on any atom is 0.240 e. The van der Waals surface area contributed by atoms with Gasteiger partial charge in [0.2, 0.25) is 10.0 Å². The topological polar surface area (TPSA) is 102 Å². The number of hydrogen-bond acceptors (Lipinski definition) is 7. The van der Waals surface area contributed by atoms with Crippen molar-refractivity contribution in [2.24, 2.45) is 0 Å². The largest absolute Gasteiger partial charge is 0.292 e. The Labute approximate surface area is 182 Å². The summed E-state index contributed by atoms with van der Waals surface area (Å²) in [6.07, 6.45) is 3.96. The molecule has 1 aromatic carbocycles. The van der Waals surface area contributed by atoms with Gasteiger partial charge in [0.15, 0.2) is 5.78 Å². The normalized spacial score (nSPS) is 11.6. The number of sulfonamides is 1. The molecule has 0 spiro atoms. The van der Waals surface area contributed by atoms with Gasteiger partial charge in [-0.05, 0) is 38.5 Å². The van der Waals surface area contributed by atoms with Gasteiger partial charge in [-0.2, -0.15) is 0 Å². The van der Waals surface area contributed by atoms with E-state index in [1.807, 2.05) is 6.92 Å². The average Bonchev–Trinajstić information content (AvgIpc) is 3.12. The first-order valence-electron chi connectivity index (χ1n) is 8.87.